The molecule has 1 rings (SSSR count). The second kappa shape index (κ2) is 6.02. The summed E-state index contributed by atoms with van der Waals surface area (Å²) in [5.41, 5.74) is 3.86. The van der Waals surface area contributed by atoms with Crippen molar-refractivity contribution in [3.8, 4) is 0 Å². The minimum Gasteiger partial charge on any atom is -0.455 e. The van der Waals surface area contributed by atoms with Gasteiger partial charge in [0.2, 0.25) is 0 Å². The molecule has 0 fully saturated rings. The molecule has 0 atom stereocenters. The lowest BCUT2D eigenvalue weighted by atomic mass is 10.1. The van der Waals surface area contributed by atoms with Crippen LogP contribution in [0.25, 0.3) is 0 Å². The maximum absolute atomic E-state index is 10.3. The Morgan fingerprint density at radius 1 is 1.39 bits per heavy atom. The van der Waals surface area contributed by atoms with Crippen molar-refractivity contribution in [1.29, 1.82) is 0 Å². The van der Waals surface area contributed by atoms with E-state index in [1.54, 1.807) is 0 Å². The Balaban J connectivity index is 3.09. The number of carbonyl (C=O) groups excluding carboxylic acids is 1. The van der Waals surface area contributed by atoms with Crippen molar-refractivity contribution in [2.75, 3.05) is 11.6 Å². The number of anilines is 1. The fourth-order valence-corrected chi connectivity index (χ4v) is 1.93. The Morgan fingerprint density at radius 2 is 1.94 bits per heavy atom. The first-order valence-electron chi connectivity index (χ1n) is 5.48. The first kappa shape index (κ1) is 14.0. The summed E-state index contributed by atoms with van der Waals surface area (Å²) in [5.74, 6) is 11.1. The number of hydrazine groups is 1. The number of rotatable bonds is 3. The summed E-state index contributed by atoms with van der Waals surface area (Å²) in [5, 5.41) is 4.69. The molecular formula is C12H18N4O2. The zero-order valence-corrected chi connectivity index (χ0v) is 10.8. The smallest absolute Gasteiger partial charge is 0.328 e. The van der Waals surface area contributed by atoms with Gasteiger partial charge in [-0.05, 0) is 31.9 Å². The molecule has 0 heterocycles. The normalized spacial score (nSPS) is 11.2. The molecule has 0 radical (unpaired) electrons. The van der Waals surface area contributed by atoms with E-state index in [2.05, 4.69) is 5.10 Å². The molecule has 1 aromatic rings. The van der Waals surface area contributed by atoms with Gasteiger partial charge < -0.3 is 10.6 Å². The van der Waals surface area contributed by atoms with E-state index in [0.29, 0.717) is 6.29 Å². The number of benzene rings is 1. The summed E-state index contributed by atoms with van der Waals surface area (Å²) in [6.45, 7) is 5.73. The maximum Gasteiger partial charge on any atom is 0.328 e. The van der Waals surface area contributed by atoms with Crippen LogP contribution in [0.4, 0.5) is 5.69 Å². The van der Waals surface area contributed by atoms with Gasteiger partial charge in [-0.15, -0.1) is 5.10 Å². The van der Waals surface area contributed by atoms with E-state index in [0.717, 1.165) is 22.4 Å². The molecule has 6 heteroatoms. The third-order valence-electron chi connectivity index (χ3n) is 2.47. The van der Waals surface area contributed by atoms with Crippen LogP contribution in [0.3, 0.4) is 0 Å². The molecule has 0 saturated heterocycles. The van der Waals surface area contributed by atoms with Gasteiger partial charge in [0.1, 0.15) is 6.61 Å². The summed E-state index contributed by atoms with van der Waals surface area (Å²) < 4.78 is 5.05. The van der Waals surface area contributed by atoms with E-state index in [4.69, 9.17) is 16.4 Å². The van der Waals surface area contributed by atoms with Gasteiger partial charge in [-0.2, -0.15) is 0 Å². The lowest BCUT2D eigenvalue weighted by Gasteiger charge is -2.23. The number of nitrogens with zero attached hydrogens (tertiary/aromatic N) is 2. The zero-order valence-electron chi connectivity index (χ0n) is 10.8. The minimum absolute atomic E-state index is 0.00264. The van der Waals surface area contributed by atoms with Crippen LogP contribution in [0.5, 0.6) is 0 Å². The number of aryl methyl sites for hydroxylation is 3. The van der Waals surface area contributed by atoms with Crippen LogP contribution in [-0.4, -0.2) is 18.9 Å². The van der Waals surface area contributed by atoms with E-state index in [-0.39, 0.29) is 12.6 Å². The minimum atomic E-state index is -0.145. The Bertz CT molecular complexity index is 448. The van der Waals surface area contributed by atoms with Crippen molar-refractivity contribution < 1.29 is 9.53 Å². The first-order chi connectivity index (χ1) is 8.51. The lowest BCUT2D eigenvalue weighted by molar-refractivity contribution is -0.109. The number of aldehydes is 1. The summed E-state index contributed by atoms with van der Waals surface area (Å²) >= 11 is 0. The number of amidine groups is 1. The number of carbonyl (C=O) groups is 1. The highest BCUT2D eigenvalue weighted by molar-refractivity contribution is 5.92. The van der Waals surface area contributed by atoms with Crippen molar-refractivity contribution in [3.63, 3.8) is 0 Å². The first-order valence-corrected chi connectivity index (χ1v) is 5.48. The Hall–Kier alpha value is -2.08. The van der Waals surface area contributed by atoms with E-state index < -0.39 is 0 Å². The predicted molar refractivity (Wildman–Crippen MR) is 71.0 cm³/mol. The van der Waals surface area contributed by atoms with Gasteiger partial charge >= 0.3 is 6.02 Å². The van der Waals surface area contributed by atoms with Gasteiger partial charge in [-0.25, -0.2) is 10.9 Å². The molecular weight excluding hydrogens is 232 g/mol. The summed E-state index contributed by atoms with van der Waals surface area (Å²) in [6.07, 6.45) is 0.605. The maximum atomic E-state index is 10.3. The van der Waals surface area contributed by atoms with E-state index >= 15 is 0 Å². The van der Waals surface area contributed by atoms with Gasteiger partial charge in [0, 0.05) is 0 Å². The van der Waals surface area contributed by atoms with Crippen LogP contribution in [0.2, 0.25) is 0 Å². The highest BCUT2D eigenvalue weighted by Crippen LogP contribution is 2.24. The number of nitrogens with two attached hydrogens (primary N) is 2. The Kier molecular flexibility index (Phi) is 4.67. The predicted octanol–water partition coefficient (Wildman–Crippen LogP) is 0.737. The molecule has 0 aromatic heterocycles. The average molecular weight is 250 g/mol. The van der Waals surface area contributed by atoms with Gasteiger partial charge in [0.15, 0.2) is 6.29 Å². The molecule has 0 amide bonds. The monoisotopic (exact) mass is 250 g/mol. The molecule has 18 heavy (non-hydrogen) atoms. The Morgan fingerprint density at radius 3 is 2.39 bits per heavy atom. The number of hydrogen-bond donors (Lipinski definition) is 2. The van der Waals surface area contributed by atoms with E-state index in [1.807, 2.05) is 32.9 Å². The SMILES string of the molecule is Cc1cc(C)c(N(N)/C(=N\N)OCC=O)c(C)c1. The van der Waals surface area contributed by atoms with Crippen molar-refractivity contribution >= 4 is 18.0 Å². The van der Waals surface area contributed by atoms with Crippen molar-refractivity contribution in [1.82, 2.24) is 0 Å². The molecule has 6 nitrogen and oxygen atoms in total. The highest BCUT2D eigenvalue weighted by Gasteiger charge is 2.16. The van der Waals surface area contributed by atoms with Crippen LogP contribution in [0, 0.1) is 20.8 Å². The molecule has 0 unspecified atom stereocenters. The van der Waals surface area contributed by atoms with Crippen molar-refractivity contribution in [3.05, 3.63) is 28.8 Å². The summed E-state index contributed by atoms with van der Waals surface area (Å²) in [6, 6.07) is 3.99. The van der Waals surface area contributed by atoms with Crippen molar-refractivity contribution in [2.24, 2.45) is 16.8 Å². The molecule has 0 aliphatic carbocycles. The quantitative estimate of drug-likeness (QED) is 0.271. The third kappa shape index (κ3) is 2.98. The zero-order chi connectivity index (χ0) is 13.7. The summed E-state index contributed by atoms with van der Waals surface area (Å²) in [7, 11) is 0. The van der Waals surface area contributed by atoms with Crippen LogP contribution in [0.1, 0.15) is 16.7 Å². The van der Waals surface area contributed by atoms with Crippen LogP contribution in [0.15, 0.2) is 17.2 Å². The number of hydrazone groups is 1. The number of ether oxygens (including phenoxy) is 1. The largest absolute Gasteiger partial charge is 0.455 e. The standard InChI is InChI=1S/C12H18N4O2/c1-8-6-9(2)11(10(3)7-8)16(14)12(15-13)18-5-4-17/h4,6-7H,5,13-14H2,1-3H3/b15-12+. The number of hydrogen-bond acceptors (Lipinski definition) is 5. The molecule has 0 aliphatic heterocycles. The van der Waals surface area contributed by atoms with Gasteiger partial charge in [-0.1, -0.05) is 17.7 Å². The van der Waals surface area contributed by atoms with E-state index in [1.165, 1.54) is 5.01 Å². The fraction of sp³-hybridized carbons (Fsp3) is 0.333. The van der Waals surface area contributed by atoms with E-state index in [9.17, 15) is 4.79 Å². The molecule has 4 N–H and O–H groups in total. The van der Waals surface area contributed by atoms with Crippen LogP contribution >= 0.6 is 0 Å². The molecule has 0 saturated carbocycles. The molecule has 1 aromatic carbocycles. The second-order valence-electron chi connectivity index (χ2n) is 4.01. The topological polar surface area (TPSA) is 93.9 Å². The summed E-state index contributed by atoms with van der Waals surface area (Å²) in [4.78, 5) is 10.3. The lowest BCUT2D eigenvalue weighted by Crippen LogP contribution is -2.41. The Labute approximate surface area is 106 Å². The molecule has 0 spiro atoms. The fourth-order valence-electron chi connectivity index (χ4n) is 1.93. The van der Waals surface area contributed by atoms with Gasteiger partial charge in [0.25, 0.3) is 0 Å². The van der Waals surface area contributed by atoms with Crippen LogP contribution < -0.4 is 16.7 Å². The third-order valence-corrected chi connectivity index (χ3v) is 2.47. The van der Waals surface area contributed by atoms with Crippen LogP contribution in [-0.2, 0) is 9.53 Å². The van der Waals surface area contributed by atoms with Gasteiger partial charge in [-0.3, -0.25) is 4.79 Å². The molecule has 98 valence electrons. The van der Waals surface area contributed by atoms with Gasteiger partial charge in [0.05, 0.1) is 5.69 Å². The average Bonchev–Trinajstić information content (AvgIpc) is 2.28. The van der Waals surface area contributed by atoms with Crippen molar-refractivity contribution in [2.45, 2.75) is 20.8 Å². The second-order valence-corrected chi connectivity index (χ2v) is 4.01. The molecule has 0 aliphatic rings. The highest BCUT2D eigenvalue weighted by atomic mass is 16.5. The molecule has 0 bridgehead atoms.